The minimum atomic E-state index is -0.0333. The molecule has 0 saturated carbocycles. The van der Waals surface area contributed by atoms with E-state index < -0.39 is 0 Å². The van der Waals surface area contributed by atoms with Crippen LogP contribution in [0.25, 0.3) is 0 Å². The third-order valence-electron chi connectivity index (χ3n) is 4.06. The van der Waals surface area contributed by atoms with Crippen molar-refractivity contribution in [1.82, 2.24) is 0 Å². The Balaban J connectivity index is 1.99. The van der Waals surface area contributed by atoms with Crippen LogP contribution in [0.2, 0.25) is 0 Å². The van der Waals surface area contributed by atoms with Crippen molar-refractivity contribution in [3.63, 3.8) is 0 Å². The topological polar surface area (TPSA) is 38.8 Å². The highest BCUT2D eigenvalue weighted by Gasteiger charge is 2.30. The standard InChI is InChI=1S/C18H19NO3/c1-12-11-19(17-7-5-4-6-16(12)17)18(20)13-8-14(21-2)10-15(9-13)22-3/h4-10,12H,11H2,1-3H3. The van der Waals surface area contributed by atoms with Crippen molar-refractivity contribution < 1.29 is 14.3 Å². The summed E-state index contributed by atoms with van der Waals surface area (Å²) in [5.41, 5.74) is 2.77. The number of amides is 1. The Morgan fingerprint density at radius 2 is 1.73 bits per heavy atom. The van der Waals surface area contributed by atoms with E-state index in [2.05, 4.69) is 13.0 Å². The van der Waals surface area contributed by atoms with E-state index in [1.54, 1.807) is 32.4 Å². The molecular weight excluding hydrogens is 278 g/mol. The SMILES string of the molecule is COc1cc(OC)cc(C(=O)N2CC(C)c3ccccc32)c1. The number of para-hydroxylation sites is 1. The van der Waals surface area contributed by atoms with Crippen molar-refractivity contribution >= 4 is 11.6 Å². The highest BCUT2D eigenvalue weighted by molar-refractivity contribution is 6.08. The second kappa shape index (κ2) is 5.72. The largest absolute Gasteiger partial charge is 0.497 e. The quantitative estimate of drug-likeness (QED) is 0.870. The Morgan fingerprint density at radius 1 is 1.09 bits per heavy atom. The van der Waals surface area contributed by atoms with Gasteiger partial charge in [0.2, 0.25) is 0 Å². The van der Waals surface area contributed by atoms with Crippen molar-refractivity contribution in [1.29, 1.82) is 0 Å². The van der Waals surface area contributed by atoms with Gasteiger partial charge in [0.05, 0.1) is 14.2 Å². The molecular formula is C18H19NO3. The van der Waals surface area contributed by atoms with Crippen LogP contribution < -0.4 is 14.4 Å². The minimum absolute atomic E-state index is 0.0333. The fourth-order valence-corrected chi connectivity index (χ4v) is 2.90. The lowest BCUT2D eigenvalue weighted by molar-refractivity contribution is 0.0987. The summed E-state index contributed by atoms with van der Waals surface area (Å²) < 4.78 is 10.5. The fourth-order valence-electron chi connectivity index (χ4n) is 2.90. The van der Waals surface area contributed by atoms with Gasteiger partial charge in [-0.25, -0.2) is 0 Å². The molecule has 0 saturated heterocycles. The van der Waals surface area contributed by atoms with Crippen LogP contribution in [-0.2, 0) is 0 Å². The van der Waals surface area contributed by atoms with Crippen molar-refractivity contribution in [2.45, 2.75) is 12.8 Å². The van der Waals surface area contributed by atoms with Crippen LogP contribution in [0.15, 0.2) is 42.5 Å². The number of hydrogen-bond donors (Lipinski definition) is 0. The predicted octanol–water partition coefficient (Wildman–Crippen LogP) is 3.47. The van der Waals surface area contributed by atoms with Gasteiger partial charge in [-0.05, 0) is 23.8 Å². The van der Waals surface area contributed by atoms with Crippen LogP contribution in [0.1, 0.15) is 28.8 Å². The number of anilines is 1. The summed E-state index contributed by atoms with van der Waals surface area (Å²) in [5, 5.41) is 0. The van der Waals surface area contributed by atoms with Crippen LogP contribution in [0.3, 0.4) is 0 Å². The fraction of sp³-hybridized carbons (Fsp3) is 0.278. The first kappa shape index (κ1) is 14.4. The molecule has 1 aliphatic rings. The van der Waals surface area contributed by atoms with Crippen molar-refractivity contribution in [3.8, 4) is 11.5 Å². The van der Waals surface area contributed by atoms with Gasteiger partial charge in [0.25, 0.3) is 5.91 Å². The number of carbonyl (C=O) groups excluding carboxylic acids is 1. The Morgan fingerprint density at radius 3 is 2.36 bits per heavy atom. The van der Waals surface area contributed by atoms with E-state index in [1.165, 1.54) is 5.56 Å². The molecule has 0 fully saturated rings. The lowest BCUT2D eigenvalue weighted by Gasteiger charge is -2.18. The Labute approximate surface area is 130 Å². The zero-order valence-corrected chi connectivity index (χ0v) is 13.0. The lowest BCUT2D eigenvalue weighted by atomic mass is 10.0. The minimum Gasteiger partial charge on any atom is -0.497 e. The van der Waals surface area contributed by atoms with Gasteiger partial charge >= 0.3 is 0 Å². The highest BCUT2D eigenvalue weighted by atomic mass is 16.5. The number of benzene rings is 2. The number of carbonyl (C=O) groups is 1. The number of ether oxygens (including phenoxy) is 2. The molecule has 1 aliphatic heterocycles. The van der Waals surface area contributed by atoms with Gasteiger partial charge in [0.1, 0.15) is 11.5 Å². The van der Waals surface area contributed by atoms with Crippen LogP contribution in [0, 0.1) is 0 Å². The zero-order chi connectivity index (χ0) is 15.7. The smallest absolute Gasteiger partial charge is 0.258 e. The average Bonchev–Trinajstić information content (AvgIpc) is 2.91. The molecule has 1 heterocycles. The normalized spacial score (nSPS) is 16.3. The van der Waals surface area contributed by atoms with Crippen LogP contribution in [0.4, 0.5) is 5.69 Å². The lowest BCUT2D eigenvalue weighted by Crippen LogP contribution is -2.29. The molecule has 0 N–H and O–H groups in total. The summed E-state index contributed by atoms with van der Waals surface area (Å²) in [5.74, 6) is 1.54. The molecule has 0 spiro atoms. The molecule has 4 heteroatoms. The monoisotopic (exact) mass is 297 g/mol. The van der Waals surface area contributed by atoms with Crippen LogP contribution >= 0.6 is 0 Å². The predicted molar refractivity (Wildman–Crippen MR) is 86.1 cm³/mol. The van der Waals surface area contributed by atoms with Gasteiger partial charge in [-0.1, -0.05) is 25.1 Å². The van der Waals surface area contributed by atoms with E-state index in [4.69, 9.17) is 9.47 Å². The molecule has 2 aromatic carbocycles. The molecule has 3 rings (SSSR count). The maximum absolute atomic E-state index is 12.9. The molecule has 0 aliphatic carbocycles. The van der Waals surface area contributed by atoms with E-state index in [-0.39, 0.29) is 5.91 Å². The van der Waals surface area contributed by atoms with E-state index in [9.17, 15) is 4.79 Å². The first-order valence-electron chi connectivity index (χ1n) is 7.28. The molecule has 0 radical (unpaired) electrons. The summed E-state index contributed by atoms with van der Waals surface area (Å²) in [7, 11) is 3.16. The zero-order valence-electron chi connectivity index (χ0n) is 13.0. The van der Waals surface area contributed by atoms with Gasteiger partial charge in [-0.3, -0.25) is 4.79 Å². The van der Waals surface area contributed by atoms with E-state index >= 15 is 0 Å². The number of methoxy groups -OCH3 is 2. The van der Waals surface area contributed by atoms with Gasteiger partial charge in [-0.2, -0.15) is 0 Å². The average molecular weight is 297 g/mol. The first-order chi connectivity index (χ1) is 10.6. The van der Waals surface area contributed by atoms with Crippen LogP contribution in [-0.4, -0.2) is 26.7 Å². The van der Waals surface area contributed by atoms with Gasteiger partial charge in [0.15, 0.2) is 0 Å². The maximum Gasteiger partial charge on any atom is 0.258 e. The summed E-state index contributed by atoms with van der Waals surface area (Å²) >= 11 is 0. The Kier molecular flexibility index (Phi) is 3.75. The maximum atomic E-state index is 12.9. The molecule has 2 aromatic rings. The number of fused-ring (bicyclic) bond motifs is 1. The second-order valence-corrected chi connectivity index (χ2v) is 5.48. The second-order valence-electron chi connectivity index (χ2n) is 5.48. The Bertz CT molecular complexity index is 689. The van der Waals surface area contributed by atoms with Gasteiger partial charge < -0.3 is 14.4 Å². The van der Waals surface area contributed by atoms with Crippen molar-refractivity contribution in [3.05, 3.63) is 53.6 Å². The molecule has 1 amide bonds. The van der Waals surface area contributed by atoms with Crippen LogP contribution in [0.5, 0.6) is 11.5 Å². The number of hydrogen-bond acceptors (Lipinski definition) is 3. The summed E-state index contributed by atoms with van der Waals surface area (Å²) in [6.45, 7) is 2.83. The first-order valence-corrected chi connectivity index (χ1v) is 7.28. The molecule has 114 valence electrons. The number of rotatable bonds is 3. The summed E-state index contributed by atoms with van der Waals surface area (Å²) in [4.78, 5) is 14.7. The molecule has 0 bridgehead atoms. The molecule has 1 atom stereocenters. The van der Waals surface area contributed by atoms with E-state index in [0.717, 1.165) is 5.69 Å². The van der Waals surface area contributed by atoms with Crippen molar-refractivity contribution in [2.75, 3.05) is 25.7 Å². The number of nitrogens with zero attached hydrogens (tertiary/aromatic N) is 1. The third-order valence-corrected chi connectivity index (χ3v) is 4.06. The van der Waals surface area contributed by atoms with E-state index in [0.29, 0.717) is 29.5 Å². The molecule has 1 unspecified atom stereocenters. The summed E-state index contributed by atoms with van der Waals surface area (Å²) in [6, 6.07) is 13.3. The third kappa shape index (κ3) is 2.41. The molecule has 0 aromatic heterocycles. The molecule has 22 heavy (non-hydrogen) atoms. The van der Waals surface area contributed by atoms with Crippen molar-refractivity contribution in [2.24, 2.45) is 0 Å². The highest BCUT2D eigenvalue weighted by Crippen LogP contribution is 2.37. The molecule has 4 nitrogen and oxygen atoms in total. The summed E-state index contributed by atoms with van der Waals surface area (Å²) in [6.07, 6.45) is 0. The van der Waals surface area contributed by atoms with E-state index in [1.807, 2.05) is 23.1 Å². The Hall–Kier alpha value is -2.49. The van der Waals surface area contributed by atoms with Gasteiger partial charge in [0, 0.05) is 29.8 Å². The van der Waals surface area contributed by atoms with Gasteiger partial charge in [-0.15, -0.1) is 0 Å².